The molecule has 0 spiro atoms. The van der Waals surface area contributed by atoms with Gasteiger partial charge in [-0.1, -0.05) is 97.1 Å². The van der Waals surface area contributed by atoms with Crippen molar-refractivity contribution in [2.24, 2.45) is 0 Å². The second-order valence-corrected chi connectivity index (χ2v) is 23.4. The average molecular weight is 1530 g/mol. The van der Waals surface area contributed by atoms with E-state index >= 15 is 14.4 Å². The molecule has 568 valence electrons. The van der Waals surface area contributed by atoms with Gasteiger partial charge in [0.2, 0.25) is 12.4 Å². The van der Waals surface area contributed by atoms with Crippen LogP contribution >= 0.6 is 0 Å². The van der Waals surface area contributed by atoms with Gasteiger partial charge in [0.05, 0.1) is 89.0 Å². The monoisotopic (exact) mass is 1530 g/mol. The summed E-state index contributed by atoms with van der Waals surface area (Å²) >= 11 is 0. The minimum atomic E-state index is -2.97. The van der Waals surface area contributed by atoms with Gasteiger partial charge in [0.25, 0.3) is 0 Å². The number of carbonyl (C=O) groups excluding carboxylic acids is 8. The van der Waals surface area contributed by atoms with Crippen LogP contribution in [0.2, 0.25) is 0 Å². The van der Waals surface area contributed by atoms with Crippen LogP contribution in [0.15, 0.2) is 194 Å². The van der Waals surface area contributed by atoms with E-state index in [1.807, 2.05) is 0 Å². The molecular weight excluding hydrogens is 1470 g/mol. The van der Waals surface area contributed by atoms with Gasteiger partial charge in [-0.25, -0.2) is 76.7 Å². The van der Waals surface area contributed by atoms with Crippen molar-refractivity contribution in [1.29, 1.82) is 0 Å². The van der Waals surface area contributed by atoms with Gasteiger partial charge >= 0.3 is 95.5 Å². The first-order valence-electron chi connectivity index (χ1n) is 32.2. The molecule has 0 amide bonds. The van der Waals surface area contributed by atoms with E-state index in [1.165, 1.54) is 30.3 Å². The highest BCUT2D eigenvalue weighted by molar-refractivity contribution is 6.08. The van der Waals surface area contributed by atoms with Crippen molar-refractivity contribution in [1.82, 2.24) is 0 Å². The summed E-state index contributed by atoms with van der Waals surface area (Å²) in [5.74, 6) is -28.0. The zero-order chi connectivity index (χ0) is 80.1. The lowest BCUT2D eigenvalue weighted by Crippen LogP contribution is -2.67. The Hall–Kier alpha value is -14.8. The molecule has 10 rings (SSSR count). The van der Waals surface area contributed by atoms with Gasteiger partial charge in [-0.15, -0.1) is 0 Å². The number of hydrogen-bond acceptors (Lipinski definition) is 27. The molecule has 0 aliphatic carbocycles. The maximum atomic E-state index is 15.3. The highest BCUT2D eigenvalue weighted by atomic mass is 16.8. The summed E-state index contributed by atoms with van der Waals surface area (Å²) in [5.41, 5.74) is -13.1. The summed E-state index contributed by atoms with van der Waals surface area (Å²) in [7, 11) is 0. The number of rotatable bonds is 28. The van der Waals surface area contributed by atoms with Gasteiger partial charge in [0, 0.05) is 0 Å². The Morgan fingerprint density at radius 3 is 0.649 bits per heavy atom. The van der Waals surface area contributed by atoms with Crippen LogP contribution in [0.25, 0.3) is 0 Å². The Kier molecular flexibility index (Phi) is 24.5. The molecule has 0 aromatic heterocycles. The molecule has 0 bridgehead atoms. The van der Waals surface area contributed by atoms with Gasteiger partial charge in [-0.3, -0.25) is 0 Å². The Bertz CT molecular complexity index is 5100. The number of carboxylic acids is 8. The average Bonchev–Trinajstić information content (AvgIpc) is 0.756. The largest absolute Gasteiger partial charge is 0.478 e. The van der Waals surface area contributed by atoms with Crippen molar-refractivity contribution in [2.45, 2.75) is 61.4 Å². The molecule has 0 radical (unpaired) electrons. The van der Waals surface area contributed by atoms with Crippen molar-refractivity contribution in [3.05, 3.63) is 283 Å². The Morgan fingerprint density at radius 2 is 0.396 bits per heavy atom. The van der Waals surface area contributed by atoms with Crippen molar-refractivity contribution in [3.8, 4) is 0 Å². The maximum Gasteiger partial charge on any atom is 0.341 e. The van der Waals surface area contributed by atoms with Gasteiger partial charge in [0.1, 0.15) is 31.5 Å². The van der Waals surface area contributed by atoms with E-state index in [9.17, 15) is 103 Å². The molecule has 2 fully saturated rings. The molecule has 0 saturated carbocycles. The number of carbonyl (C=O) groups is 16. The van der Waals surface area contributed by atoms with Gasteiger partial charge in [-0.05, 0) is 97.1 Å². The fraction of sp³-hybridized carbons (Fsp3) is 0.158. The quantitative estimate of drug-likeness (QED) is 0.0179. The van der Waals surface area contributed by atoms with E-state index in [2.05, 4.69) is 0 Å². The third-order valence-electron chi connectivity index (χ3n) is 16.7. The van der Waals surface area contributed by atoms with Gasteiger partial charge in [0.15, 0.2) is 30.7 Å². The van der Waals surface area contributed by atoms with Crippen LogP contribution < -0.4 is 0 Å². The molecule has 8 N–H and O–H groups in total. The lowest BCUT2D eigenvalue weighted by atomic mass is 9.95. The van der Waals surface area contributed by atoms with Crippen LogP contribution in [0, 0.1) is 0 Å². The van der Waals surface area contributed by atoms with Crippen LogP contribution in [0.1, 0.15) is 166 Å². The number of aromatic carboxylic acids is 8. The summed E-state index contributed by atoms with van der Waals surface area (Å²) in [6.45, 7) is -2.97. The second-order valence-electron chi connectivity index (χ2n) is 23.4. The molecule has 8 aromatic rings. The summed E-state index contributed by atoms with van der Waals surface area (Å²) < 4.78 is 67.1. The predicted octanol–water partition coefficient (Wildman–Crippen LogP) is 7.11. The zero-order valence-electron chi connectivity index (χ0n) is 56.3. The molecular formula is C76H54O35. The third-order valence-corrected chi connectivity index (χ3v) is 16.7. The van der Waals surface area contributed by atoms with Crippen LogP contribution in [0.5, 0.6) is 0 Å². The molecule has 2 heterocycles. The Balaban J connectivity index is 1.26. The number of ether oxygens (including phenoxy) is 11. The van der Waals surface area contributed by atoms with Crippen molar-refractivity contribution in [2.75, 3.05) is 13.2 Å². The van der Waals surface area contributed by atoms with E-state index in [1.54, 1.807) is 0 Å². The molecule has 2 aliphatic heterocycles. The molecule has 35 heteroatoms. The second kappa shape index (κ2) is 34.6. The van der Waals surface area contributed by atoms with Crippen LogP contribution in [-0.4, -0.2) is 211 Å². The minimum Gasteiger partial charge on any atom is -0.478 e. The van der Waals surface area contributed by atoms with E-state index in [0.29, 0.717) is 0 Å². The summed E-state index contributed by atoms with van der Waals surface area (Å²) in [4.78, 5) is 221. The van der Waals surface area contributed by atoms with Crippen LogP contribution in [0.3, 0.4) is 0 Å². The molecule has 35 nitrogen and oxygen atoms in total. The van der Waals surface area contributed by atoms with Crippen LogP contribution in [0.4, 0.5) is 0 Å². The van der Waals surface area contributed by atoms with Gasteiger partial charge < -0.3 is 93.0 Å². The maximum absolute atomic E-state index is 15.3. The summed E-state index contributed by atoms with van der Waals surface area (Å²) in [6, 6.07) is 32.8. The third kappa shape index (κ3) is 17.8. The van der Waals surface area contributed by atoms with Crippen molar-refractivity contribution in [3.63, 3.8) is 0 Å². The van der Waals surface area contributed by atoms with E-state index < -0.39 is 259 Å². The van der Waals surface area contributed by atoms with Crippen LogP contribution in [-0.2, 0) is 52.1 Å². The molecule has 10 unspecified atom stereocenters. The number of benzene rings is 8. The van der Waals surface area contributed by atoms with Gasteiger partial charge in [-0.2, -0.15) is 0 Å². The Labute approximate surface area is 620 Å². The zero-order valence-corrected chi connectivity index (χ0v) is 56.3. The smallest absolute Gasteiger partial charge is 0.341 e. The molecule has 10 atom stereocenters. The fourth-order valence-electron chi connectivity index (χ4n) is 11.6. The first-order valence-corrected chi connectivity index (χ1v) is 32.2. The predicted molar refractivity (Wildman–Crippen MR) is 361 cm³/mol. The summed E-state index contributed by atoms with van der Waals surface area (Å²) in [6.07, 6.45) is -27.7. The first-order chi connectivity index (χ1) is 53.0. The molecule has 111 heavy (non-hydrogen) atoms. The normalized spacial score (nSPS) is 19.0. The molecule has 8 aromatic carbocycles. The van der Waals surface area contributed by atoms with Crippen molar-refractivity contribution < 1.29 is 170 Å². The van der Waals surface area contributed by atoms with E-state index in [-0.39, 0.29) is 0 Å². The minimum absolute atomic E-state index is 0.709. The first kappa shape index (κ1) is 78.7. The topological polar surface area (TPSA) is 536 Å². The number of carboxylic acid groups (broad SMARTS) is 8. The fourth-order valence-corrected chi connectivity index (χ4v) is 11.6. The Morgan fingerprint density at radius 1 is 0.216 bits per heavy atom. The SMILES string of the molecule is O=C(O)c1ccccc1C(=O)OCC1OC(OC2C(COC(=O)c3ccccc3C(=O)O)OC(OC(=O)c3ccccc3C(=O)O)C(OC(=O)c3ccccc3C(=O)O)C2OC(=O)c2ccccc2C(=O)O)C(OC(=O)c2ccccc2C(=O)O)C(OC(=O)c2ccccc2C(=O)O)C1OC(=O)c1ccccc1C(=O)O. The lowest BCUT2D eigenvalue weighted by molar-refractivity contribution is -0.351. The number of esters is 8. The number of hydrogen-bond donors (Lipinski definition) is 8. The molecule has 2 aliphatic rings. The highest BCUT2D eigenvalue weighted by Gasteiger charge is 2.60. The standard InChI is InChI=1S/C76H54O35/c77-59(78)35-17-1-9-25-43(35)67(93)101-33-51-53(105-69(95)45-27-11-3-19-37(45)61(81)82)55(106-70(96)46-28-12-4-20-38(46)62(83)84)57(108-72(98)48-30-14-6-22-40(48)64(87)88)75(103-51)110-54-52(34-102-68(94)44-26-10-2-18-36(44)60(79)80)104-76(111-74(100)50-32-16-8-24-42(50)66(91)92)58(109-73(99)49-31-15-7-23-41(49)65(89)90)56(54)107-71(97)47-29-13-5-21-39(47)63(85)86/h1-32,51-58,75-76H,33-34H2,(H,77,78)(H,79,80)(H,81,82)(H,83,84)(H,85,86)(H,87,88)(H,89,90)(H,91,92). The lowest BCUT2D eigenvalue weighted by Gasteiger charge is -2.48. The van der Waals surface area contributed by atoms with E-state index in [4.69, 9.17) is 52.1 Å². The highest BCUT2D eigenvalue weighted by Crippen LogP contribution is 2.39. The summed E-state index contributed by atoms with van der Waals surface area (Å²) in [5, 5.41) is 82.7. The van der Waals surface area contributed by atoms with Crippen molar-refractivity contribution >= 4 is 95.5 Å². The van der Waals surface area contributed by atoms with E-state index in [0.717, 1.165) is 164 Å². The molecule has 2 saturated heterocycles.